The van der Waals surface area contributed by atoms with Crippen LogP contribution < -0.4 is 11.1 Å². The van der Waals surface area contributed by atoms with Crippen LogP contribution in [0.3, 0.4) is 0 Å². The molecule has 2 heterocycles. The van der Waals surface area contributed by atoms with Gasteiger partial charge in [-0.15, -0.1) is 23.7 Å². The van der Waals surface area contributed by atoms with Gasteiger partial charge in [0.1, 0.15) is 0 Å². The molecule has 1 unspecified atom stereocenters. The average molecular weight is 304 g/mol. The smallest absolute Gasteiger partial charge is 0.234 e. The minimum Gasteiger partial charge on any atom is -0.350 e. The van der Waals surface area contributed by atoms with Crippen LogP contribution in [0, 0.1) is 5.92 Å². The zero-order valence-corrected chi connectivity index (χ0v) is 12.6. The lowest BCUT2D eigenvalue weighted by molar-refractivity contribution is -0.122. The van der Waals surface area contributed by atoms with Crippen LogP contribution in [0.5, 0.6) is 0 Å². The first kappa shape index (κ1) is 16.4. The van der Waals surface area contributed by atoms with E-state index < -0.39 is 0 Å². The van der Waals surface area contributed by atoms with Crippen molar-refractivity contribution in [2.75, 3.05) is 26.2 Å². The highest BCUT2D eigenvalue weighted by molar-refractivity contribution is 7.09. The molecule has 0 saturated carbocycles. The standard InChI is InChI=1S/C13H21N3OS.ClH/c14-7-11-3-1-5-16(9-11)10-13(17)15-8-12-4-2-6-18-12;/h2,4,6,11H,1,3,5,7-10,14H2,(H,15,17);1H. The molecule has 6 heteroatoms. The molecule has 2 rings (SSSR count). The Bertz CT molecular complexity index is 372. The van der Waals surface area contributed by atoms with E-state index in [2.05, 4.69) is 10.2 Å². The lowest BCUT2D eigenvalue weighted by Gasteiger charge is -2.31. The van der Waals surface area contributed by atoms with Gasteiger partial charge in [-0.05, 0) is 43.3 Å². The molecule has 108 valence electrons. The van der Waals surface area contributed by atoms with Crippen molar-refractivity contribution in [1.82, 2.24) is 10.2 Å². The summed E-state index contributed by atoms with van der Waals surface area (Å²) in [5, 5.41) is 4.99. The summed E-state index contributed by atoms with van der Waals surface area (Å²) < 4.78 is 0. The van der Waals surface area contributed by atoms with Gasteiger partial charge in [0.05, 0.1) is 13.1 Å². The van der Waals surface area contributed by atoms with E-state index in [9.17, 15) is 4.79 Å². The van der Waals surface area contributed by atoms with Gasteiger partial charge in [0.25, 0.3) is 0 Å². The topological polar surface area (TPSA) is 58.4 Å². The van der Waals surface area contributed by atoms with Gasteiger partial charge in [-0.3, -0.25) is 9.69 Å². The molecule has 1 aliphatic rings. The van der Waals surface area contributed by atoms with Crippen LogP contribution in [0.2, 0.25) is 0 Å². The summed E-state index contributed by atoms with van der Waals surface area (Å²) in [4.78, 5) is 15.2. The van der Waals surface area contributed by atoms with Gasteiger partial charge < -0.3 is 11.1 Å². The number of carbonyl (C=O) groups is 1. The number of thiophene rings is 1. The Labute approximate surface area is 124 Å². The minimum atomic E-state index is 0. The number of carbonyl (C=O) groups excluding carboxylic acids is 1. The highest BCUT2D eigenvalue weighted by Gasteiger charge is 2.20. The number of piperidine rings is 1. The van der Waals surface area contributed by atoms with Crippen molar-refractivity contribution in [3.8, 4) is 0 Å². The van der Waals surface area contributed by atoms with Crippen LogP contribution in [0.1, 0.15) is 17.7 Å². The van der Waals surface area contributed by atoms with Crippen molar-refractivity contribution in [3.05, 3.63) is 22.4 Å². The maximum absolute atomic E-state index is 11.8. The molecule has 0 aliphatic carbocycles. The Kier molecular flexibility index (Phi) is 7.38. The summed E-state index contributed by atoms with van der Waals surface area (Å²) in [7, 11) is 0. The fraction of sp³-hybridized carbons (Fsp3) is 0.615. The first-order chi connectivity index (χ1) is 8.78. The fourth-order valence-electron chi connectivity index (χ4n) is 2.35. The molecule has 0 radical (unpaired) electrons. The molecule has 1 aromatic heterocycles. The van der Waals surface area contributed by atoms with Gasteiger partial charge in [-0.25, -0.2) is 0 Å². The van der Waals surface area contributed by atoms with Crippen LogP contribution in [0.25, 0.3) is 0 Å². The van der Waals surface area contributed by atoms with Crippen LogP contribution in [-0.4, -0.2) is 37.0 Å². The van der Waals surface area contributed by atoms with Gasteiger partial charge in [0.2, 0.25) is 5.91 Å². The number of nitrogens with one attached hydrogen (secondary N) is 1. The molecule has 0 spiro atoms. The van der Waals surface area contributed by atoms with E-state index >= 15 is 0 Å². The summed E-state index contributed by atoms with van der Waals surface area (Å²) in [6.45, 7) is 3.85. The number of rotatable bonds is 5. The van der Waals surface area contributed by atoms with Crippen LogP contribution in [0.4, 0.5) is 0 Å². The average Bonchev–Trinajstić information content (AvgIpc) is 2.90. The molecular weight excluding hydrogens is 282 g/mol. The van der Waals surface area contributed by atoms with Gasteiger partial charge in [0.15, 0.2) is 0 Å². The third kappa shape index (κ3) is 5.48. The summed E-state index contributed by atoms with van der Waals surface area (Å²) in [6, 6.07) is 4.04. The predicted octanol–water partition coefficient (Wildman–Crippen LogP) is 1.46. The van der Waals surface area contributed by atoms with Gasteiger partial charge >= 0.3 is 0 Å². The molecule has 1 atom stereocenters. The van der Waals surface area contributed by atoms with E-state index in [1.165, 1.54) is 11.3 Å². The Morgan fingerprint density at radius 2 is 2.42 bits per heavy atom. The zero-order chi connectivity index (χ0) is 12.8. The van der Waals surface area contributed by atoms with E-state index in [-0.39, 0.29) is 18.3 Å². The normalized spacial score (nSPS) is 19.7. The molecule has 1 amide bonds. The van der Waals surface area contributed by atoms with Crippen molar-refractivity contribution in [1.29, 1.82) is 0 Å². The second kappa shape index (κ2) is 8.53. The van der Waals surface area contributed by atoms with Crippen LogP contribution >= 0.6 is 23.7 Å². The SMILES string of the molecule is Cl.NCC1CCCN(CC(=O)NCc2cccs2)C1. The molecule has 1 aliphatic heterocycles. The second-order valence-electron chi connectivity index (χ2n) is 4.84. The van der Waals surface area contributed by atoms with Gasteiger partial charge in [-0.2, -0.15) is 0 Å². The van der Waals surface area contributed by atoms with Crippen molar-refractivity contribution in [3.63, 3.8) is 0 Å². The summed E-state index contributed by atoms with van der Waals surface area (Å²) in [6.07, 6.45) is 2.35. The molecule has 4 nitrogen and oxygen atoms in total. The Morgan fingerprint density at radius 1 is 1.58 bits per heavy atom. The number of nitrogens with two attached hydrogens (primary N) is 1. The largest absolute Gasteiger partial charge is 0.350 e. The van der Waals surface area contributed by atoms with Crippen molar-refractivity contribution in [2.24, 2.45) is 11.7 Å². The van der Waals surface area contributed by atoms with E-state index in [1.807, 2.05) is 17.5 Å². The Morgan fingerprint density at radius 3 is 3.11 bits per heavy atom. The maximum Gasteiger partial charge on any atom is 0.234 e. The lowest BCUT2D eigenvalue weighted by Crippen LogP contribution is -2.43. The van der Waals surface area contributed by atoms with E-state index in [0.717, 1.165) is 26.1 Å². The predicted molar refractivity (Wildman–Crippen MR) is 81.6 cm³/mol. The highest BCUT2D eigenvalue weighted by Crippen LogP contribution is 2.14. The van der Waals surface area contributed by atoms with E-state index in [0.29, 0.717) is 19.0 Å². The fourth-order valence-corrected chi connectivity index (χ4v) is 2.99. The van der Waals surface area contributed by atoms with E-state index in [4.69, 9.17) is 5.73 Å². The van der Waals surface area contributed by atoms with Crippen molar-refractivity contribution in [2.45, 2.75) is 19.4 Å². The number of halogens is 1. The first-order valence-electron chi connectivity index (χ1n) is 6.49. The van der Waals surface area contributed by atoms with E-state index in [1.54, 1.807) is 11.3 Å². The van der Waals surface area contributed by atoms with Crippen LogP contribution in [0.15, 0.2) is 17.5 Å². The third-order valence-corrected chi connectivity index (χ3v) is 4.22. The molecule has 1 saturated heterocycles. The highest BCUT2D eigenvalue weighted by atomic mass is 35.5. The minimum absolute atomic E-state index is 0. The monoisotopic (exact) mass is 303 g/mol. The molecule has 1 aromatic rings. The number of amides is 1. The summed E-state index contributed by atoms with van der Waals surface area (Å²) in [5.41, 5.74) is 5.69. The van der Waals surface area contributed by atoms with Gasteiger partial charge in [0, 0.05) is 11.4 Å². The maximum atomic E-state index is 11.8. The van der Waals surface area contributed by atoms with Gasteiger partial charge in [-0.1, -0.05) is 6.07 Å². The summed E-state index contributed by atoms with van der Waals surface area (Å²) >= 11 is 1.67. The quantitative estimate of drug-likeness (QED) is 0.866. The Hall–Kier alpha value is -0.620. The second-order valence-corrected chi connectivity index (χ2v) is 5.87. The zero-order valence-electron chi connectivity index (χ0n) is 11.0. The third-order valence-electron chi connectivity index (χ3n) is 3.34. The van der Waals surface area contributed by atoms with Crippen LogP contribution in [-0.2, 0) is 11.3 Å². The number of hydrogen-bond acceptors (Lipinski definition) is 4. The summed E-state index contributed by atoms with van der Waals surface area (Å²) in [5.74, 6) is 0.671. The van der Waals surface area contributed by atoms with Crippen molar-refractivity contribution >= 4 is 29.7 Å². The Balaban J connectivity index is 0.00000180. The molecule has 3 N–H and O–H groups in total. The first-order valence-corrected chi connectivity index (χ1v) is 7.37. The molecule has 1 fully saturated rings. The molecule has 0 bridgehead atoms. The molecule has 0 aromatic carbocycles. The molecule has 19 heavy (non-hydrogen) atoms. The number of nitrogens with zero attached hydrogens (tertiary/aromatic N) is 1. The molecular formula is C13H22ClN3OS. The number of likely N-dealkylation sites (tertiary alicyclic amines) is 1. The number of hydrogen-bond donors (Lipinski definition) is 2. The lowest BCUT2D eigenvalue weighted by atomic mass is 9.98. The van der Waals surface area contributed by atoms with Crippen molar-refractivity contribution < 1.29 is 4.79 Å².